The van der Waals surface area contributed by atoms with Gasteiger partial charge in [0, 0.05) is 6.61 Å². The van der Waals surface area contributed by atoms with Crippen LogP contribution in [0.1, 0.15) is 13.3 Å². The molecule has 1 saturated heterocycles. The van der Waals surface area contributed by atoms with E-state index in [0.717, 1.165) is 23.7 Å². The van der Waals surface area contributed by atoms with Gasteiger partial charge in [-0.25, -0.2) is 0 Å². The molecular weight excluding hydrogens is 198 g/mol. The normalized spacial score (nSPS) is 26.4. The Morgan fingerprint density at radius 1 is 1.43 bits per heavy atom. The first-order chi connectivity index (χ1) is 6.77. The molecule has 2 rings (SSSR count). The SMILES string of the molecule is C[C@H]1OCC[C@H]1Nc1ccccc1Cl. The Morgan fingerprint density at radius 2 is 2.21 bits per heavy atom. The molecular formula is C11H14ClNO. The summed E-state index contributed by atoms with van der Waals surface area (Å²) in [5, 5.41) is 4.17. The molecule has 1 aromatic rings. The Bertz CT molecular complexity index is 316. The Balaban J connectivity index is 2.07. The second-order valence-corrected chi connectivity index (χ2v) is 4.00. The number of halogens is 1. The summed E-state index contributed by atoms with van der Waals surface area (Å²) < 4.78 is 5.47. The van der Waals surface area contributed by atoms with Crippen LogP contribution in [0.25, 0.3) is 0 Å². The largest absolute Gasteiger partial charge is 0.378 e. The number of nitrogens with one attached hydrogen (secondary N) is 1. The zero-order chi connectivity index (χ0) is 9.97. The molecule has 1 aromatic carbocycles. The van der Waals surface area contributed by atoms with Crippen LogP contribution in [0.3, 0.4) is 0 Å². The highest BCUT2D eigenvalue weighted by Crippen LogP contribution is 2.24. The Hall–Kier alpha value is -0.730. The molecule has 0 unspecified atom stereocenters. The van der Waals surface area contributed by atoms with Gasteiger partial charge in [0.05, 0.1) is 22.9 Å². The third kappa shape index (κ3) is 2.02. The monoisotopic (exact) mass is 211 g/mol. The molecule has 1 aliphatic rings. The molecule has 1 aliphatic heterocycles. The van der Waals surface area contributed by atoms with Crippen molar-refractivity contribution in [1.29, 1.82) is 0 Å². The van der Waals surface area contributed by atoms with Gasteiger partial charge >= 0.3 is 0 Å². The zero-order valence-electron chi connectivity index (χ0n) is 8.16. The van der Waals surface area contributed by atoms with Crippen LogP contribution in [-0.4, -0.2) is 18.8 Å². The van der Waals surface area contributed by atoms with Crippen LogP contribution in [0.4, 0.5) is 5.69 Å². The predicted octanol–water partition coefficient (Wildman–Crippen LogP) is 2.93. The van der Waals surface area contributed by atoms with E-state index >= 15 is 0 Å². The molecule has 1 N–H and O–H groups in total. The number of anilines is 1. The first-order valence-electron chi connectivity index (χ1n) is 4.90. The average Bonchev–Trinajstić information content (AvgIpc) is 2.56. The molecule has 2 nitrogen and oxygen atoms in total. The van der Waals surface area contributed by atoms with E-state index in [1.807, 2.05) is 24.3 Å². The van der Waals surface area contributed by atoms with Crippen LogP contribution >= 0.6 is 11.6 Å². The van der Waals surface area contributed by atoms with Crippen molar-refractivity contribution in [2.75, 3.05) is 11.9 Å². The zero-order valence-corrected chi connectivity index (χ0v) is 8.92. The minimum absolute atomic E-state index is 0.270. The van der Waals surface area contributed by atoms with E-state index in [1.165, 1.54) is 0 Å². The predicted molar refractivity (Wildman–Crippen MR) is 58.9 cm³/mol. The van der Waals surface area contributed by atoms with Crippen molar-refractivity contribution < 1.29 is 4.74 Å². The van der Waals surface area contributed by atoms with E-state index in [-0.39, 0.29) is 6.10 Å². The molecule has 0 amide bonds. The second kappa shape index (κ2) is 4.20. The van der Waals surface area contributed by atoms with E-state index in [1.54, 1.807) is 0 Å². The van der Waals surface area contributed by atoms with Crippen LogP contribution in [0, 0.1) is 0 Å². The van der Waals surface area contributed by atoms with E-state index in [9.17, 15) is 0 Å². The maximum Gasteiger partial charge on any atom is 0.0748 e. The number of ether oxygens (including phenoxy) is 1. The van der Waals surface area contributed by atoms with Gasteiger partial charge in [-0.05, 0) is 25.5 Å². The number of para-hydroxylation sites is 1. The first kappa shape index (κ1) is 9.81. The lowest BCUT2D eigenvalue weighted by Gasteiger charge is -2.18. The summed E-state index contributed by atoms with van der Waals surface area (Å²) in [5.74, 6) is 0. The molecule has 14 heavy (non-hydrogen) atoms. The van der Waals surface area contributed by atoms with Gasteiger partial charge in [-0.2, -0.15) is 0 Å². The van der Waals surface area contributed by atoms with Crippen LogP contribution in [-0.2, 0) is 4.74 Å². The maximum absolute atomic E-state index is 6.05. The molecule has 76 valence electrons. The summed E-state index contributed by atoms with van der Waals surface area (Å²) in [7, 11) is 0. The quantitative estimate of drug-likeness (QED) is 0.812. The van der Waals surface area contributed by atoms with Gasteiger partial charge in [0.25, 0.3) is 0 Å². The average molecular weight is 212 g/mol. The topological polar surface area (TPSA) is 21.3 Å². The van der Waals surface area contributed by atoms with Gasteiger partial charge in [-0.1, -0.05) is 23.7 Å². The molecule has 0 aromatic heterocycles. The smallest absolute Gasteiger partial charge is 0.0748 e. The number of rotatable bonds is 2. The molecule has 1 fully saturated rings. The summed E-state index contributed by atoms with van der Waals surface area (Å²) in [6.07, 6.45) is 1.32. The number of benzene rings is 1. The number of hydrogen-bond donors (Lipinski definition) is 1. The summed E-state index contributed by atoms with van der Waals surface area (Å²) >= 11 is 6.05. The third-order valence-electron chi connectivity index (χ3n) is 2.59. The van der Waals surface area contributed by atoms with E-state index in [2.05, 4.69) is 12.2 Å². The van der Waals surface area contributed by atoms with Gasteiger partial charge in [-0.3, -0.25) is 0 Å². The molecule has 1 heterocycles. The standard InChI is InChI=1S/C11H14ClNO/c1-8-10(6-7-14-8)13-11-5-3-2-4-9(11)12/h2-5,8,10,13H,6-7H2,1H3/t8-,10-/m1/s1. The molecule has 0 spiro atoms. The lowest BCUT2D eigenvalue weighted by molar-refractivity contribution is 0.121. The van der Waals surface area contributed by atoms with Crippen molar-refractivity contribution in [3.8, 4) is 0 Å². The van der Waals surface area contributed by atoms with Gasteiger partial charge in [-0.15, -0.1) is 0 Å². The van der Waals surface area contributed by atoms with Crippen molar-refractivity contribution in [2.24, 2.45) is 0 Å². The molecule has 0 saturated carbocycles. The second-order valence-electron chi connectivity index (χ2n) is 3.60. The Morgan fingerprint density at radius 3 is 2.86 bits per heavy atom. The van der Waals surface area contributed by atoms with Crippen molar-refractivity contribution >= 4 is 17.3 Å². The van der Waals surface area contributed by atoms with E-state index < -0.39 is 0 Å². The van der Waals surface area contributed by atoms with Crippen LogP contribution < -0.4 is 5.32 Å². The van der Waals surface area contributed by atoms with E-state index in [4.69, 9.17) is 16.3 Å². The Labute approximate surface area is 89.2 Å². The first-order valence-corrected chi connectivity index (χ1v) is 5.28. The molecule has 0 radical (unpaired) electrons. The summed E-state index contributed by atoms with van der Waals surface area (Å²) in [6, 6.07) is 8.18. The molecule has 3 heteroatoms. The fourth-order valence-corrected chi connectivity index (χ4v) is 1.89. The Kier molecular flexibility index (Phi) is 2.94. The fourth-order valence-electron chi connectivity index (χ4n) is 1.70. The van der Waals surface area contributed by atoms with Crippen LogP contribution in [0.2, 0.25) is 5.02 Å². The fraction of sp³-hybridized carbons (Fsp3) is 0.455. The lowest BCUT2D eigenvalue weighted by atomic mass is 10.1. The van der Waals surface area contributed by atoms with Gasteiger partial charge < -0.3 is 10.1 Å². The van der Waals surface area contributed by atoms with Crippen molar-refractivity contribution in [3.05, 3.63) is 29.3 Å². The highest BCUT2D eigenvalue weighted by Gasteiger charge is 2.24. The molecule has 0 bridgehead atoms. The highest BCUT2D eigenvalue weighted by molar-refractivity contribution is 6.33. The molecule has 0 aliphatic carbocycles. The van der Waals surface area contributed by atoms with Gasteiger partial charge in [0.2, 0.25) is 0 Å². The summed E-state index contributed by atoms with van der Waals surface area (Å²) in [6.45, 7) is 2.92. The van der Waals surface area contributed by atoms with Crippen molar-refractivity contribution in [3.63, 3.8) is 0 Å². The van der Waals surface area contributed by atoms with Crippen molar-refractivity contribution in [1.82, 2.24) is 0 Å². The van der Waals surface area contributed by atoms with Crippen molar-refractivity contribution in [2.45, 2.75) is 25.5 Å². The maximum atomic E-state index is 6.05. The lowest BCUT2D eigenvalue weighted by Crippen LogP contribution is -2.26. The highest BCUT2D eigenvalue weighted by atomic mass is 35.5. The van der Waals surface area contributed by atoms with Crippen LogP contribution in [0.15, 0.2) is 24.3 Å². The number of hydrogen-bond acceptors (Lipinski definition) is 2. The van der Waals surface area contributed by atoms with Crippen LogP contribution in [0.5, 0.6) is 0 Å². The van der Waals surface area contributed by atoms with Gasteiger partial charge in [0.15, 0.2) is 0 Å². The third-order valence-corrected chi connectivity index (χ3v) is 2.92. The summed E-state index contributed by atoms with van der Waals surface area (Å²) in [4.78, 5) is 0. The minimum atomic E-state index is 0.270. The van der Waals surface area contributed by atoms with E-state index in [0.29, 0.717) is 6.04 Å². The minimum Gasteiger partial charge on any atom is -0.378 e. The summed E-state index contributed by atoms with van der Waals surface area (Å²) in [5.41, 5.74) is 0.997. The molecule has 2 atom stereocenters. The van der Waals surface area contributed by atoms with Gasteiger partial charge in [0.1, 0.15) is 0 Å².